The monoisotopic (exact) mass is 261 g/mol. The van der Waals surface area contributed by atoms with E-state index in [0.29, 0.717) is 15.5 Å². The molecular formula is C13H8ClNOS. The van der Waals surface area contributed by atoms with Crippen LogP contribution in [0.5, 0.6) is 0 Å². The lowest BCUT2D eigenvalue weighted by atomic mass is 10.1. The van der Waals surface area contributed by atoms with Gasteiger partial charge in [-0.1, -0.05) is 29.8 Å². The average Bonchev–Trinajstić information content (AvgIpc) is 2.71. The standard InChI is InChI=1S/C13H8ClNOS/c1-8(16)13-11(14)6-12(17-13)10-5-3-2-4-9(10)7-15/h2-6H,1H3. The molecule has 4 heteroatoms. The fourth-order valence-corrected chi connectivity index (χ4v) is 2.94. The fraction of sp³-hybridized carbons (Fsp3) is 0.0769. The Morgan fingerprint density at radius 2 is 2.12 bits per heavy atom. The van der Waals surface area contributed by atoms with Crippen molar-refractivity contribution in [3.8, 4) is 16.5 Å². The normalized spacial score (nSPS) is 9.94. The summed E-state index contributed by atoms with van der Waals surface area (Å²) in [5, 5.41) is 9.47. The molecule has 1 aromatic carbocycles. The van der Waals surface area contributed by atoms with Gasteiger partial charge in [-0.3, -0.25) is 4.79 Å². The van der Waals surface area contributed by atoms with Crippen LogP contribution in [-0.2, 0) is 0 Å². The molecule has 17 heavy (non-hydrogen) atoms. The van der Waals surface area contributed by atoms with Crippen molar-refractivity contribution < 1.29 is 4.79 Å². The Morgan fingerprint density at radius 1 is 1.41 bits per heavy atom. The molecular weight excluding hydrogens is 254 g/mol. The Labute approximate surface area is 108 Å². The van der Waals surface area contributed by atoms with Gasteiger partial charge >= 0.3 is 0 Å². The fourth-order valence-electron chi connectivity index (χ4n) is 1.54. The number of carbonyl (C=O) groups is 1. The van der Waals surface area contributed by atoms with Crippen molar-refractivity contribution in [2.75, 3.05) is 0 Å². The van der Waals surface area contributed by atoms with Gasteiger partial charge in [0.25, 0.3) is 0 Å². The lowest BCUT2D eigenvalue weighted by Crippen LogP contribution is -1.85. The number of thiophene rings is 1. The zero-order valence-electron chi connectivity index (χ0n) is 9.03. The number of nitrogens with zero attached hydrogens (tertiary/aromatic N) is 1. The first-order valence-corrected chi connectivity index (χ1v) is 6.12. The minimum atomic E-state index is -0.0549. The Hall–Kier alpha value is -1.63. The Balaban J connectivity index is 2.58. The maximum atomic E-state index is 11.3. The largest absolute Gasteiger partial charge is 0.294 e. The predicted molar refractivity (Wildman–Crippen MR) is 69.5 cm³/mol. The van der Waals surface area contributed by atoms with E-state index in [0.717, 1.165) is 10.4 Å². The number of nitriles is 1. The van der Waals surface area contributed by atoms with Gasteiger partial charge in [-0.05, 0) is 12.1 Å². The number of benzene rings is 1. The van der Waals surface area contributed by atoms with Crippen LogP contribution < -0.4 is 0 Å². The van der Waals surface area contributed by atoms with E-state index in [2.05, 4.69) is 6.07 Å². The number of rotatable bonds is 2. The molecule has 0 radical (unpaired) electrons. The van der Waals surface area contributed by atoms with Crippen LogP contribution >= 0.6 is 22.9 Å². The molecule has 0 bridgehead atoms. The van der Waals surface area contributed by atoms with Crippen LogP contribution in [0.1, 0.15) is 22.2 Å². The molecule has 0 aliphatic rings. The van der Waals surface area contributed by atoms with Crippen LogP contribution in [0, 0.1) is 11.3 Å². The van der Waals surface area contributed by atoms with E-state index in [1.54, 1.807) is 12.1 Å². The molecule has 0 atom stereocenters. The van der Waals surface area contributed by atoms with Crippen LogP contribution in [0.15, 0.2) is 30.3 Å². The topological polar surface area (TPSA) is 40.9 Å². The molecule has 1 aromatic heterocycles. The third kappa shape index (κ3) is 2.23. The van der Waals surface area contributed by atoms with Crippen LogP contribution in [0.3, 0.4) is 0 Å². The third-order valence-corrected chi connectivity index (χ3v) is 4.00. The highest BCUT2D eigenvalue weighted by Gasteiger charge is 2.14. The summed E-state index contributed by atoms with van der Waals surface area (Å²) >= 11 is 7.31. The molecule has 2 aromatic rings. The molecule has 0 amide bonds. The van der Waals surface area contributed by atoms with Crippen LogP contribution in [0.4, 0.5) is 0 Å². The smallest absolute Gasteiger partial charge is 0.171 e. The first kappa shape index (κ1) is 11.8. The molecule has 0 unspecified atom stereocenters. The molecule has 2 rings (SSSR count). The van der Waals surface area contributed by atoms with Gasteiger partial charge in [0, 0.05) is 17.4 Å². The minimum absolute atomic E-state index is 0.0549. The highest BCUT2D eigenvalue weighted by atomic mass is 35.5. The van der Waals surface area contributed by atoms with E-state index in [4.69, 9.17) is 16.9 Å². The molecule has 0 spiro atoms. The van der Waals surface area contributed by atoms with Gasteiger partial charge < -0.3 is 0 Å². The van der Waals surface area contributed by atoms with E-state index < -0.39 is 0 Å². The molecule has 84 valence electrons. The summed E-state index contributed by atoms with van der Waals surface area (Å²) in [5.74, 6) is -0.0549. The molecule has 1 heterocycles. The Kier molecular flexibility index (Phi) is 3.28. The number of halogens is 1. The molecule has 0 fully saturated rings. The summed E-state index contributed by atoms with van der Waals surface area (Å²) in [6.45, 7) is 1.48. The summed E-state index contributed by atoms with van der Waals surface area (Å²) in [5.41, 5.74) is 1.40. The predicted octanol–water partition coefficient (Wildman–Crippen LogP) is 4.14. The maximum Gasteiger partial charge on any atom is 0.171 e. The van der Waals surface area contributed by atoms with Gasteiger partial charge in [0.2, 0.25) is 0 Å². The van der Waals surface area contributed by atoms with E-state index in [1.807, 2.05) is 18.2 Å². The van der Waals surface area contributed by atoms with Gasteiger partial charge in [-0.2, -0.15) is 5.26 Å². The number of hydrogen-bond donors (Lipinski definition) is 0. The Morgan fingerprint density at radius 3 is 2.71 bits per heavy atom. The van der Waals surface area contributed by atoms with Gasteiger partial charge in [0.1, 0.15) is 0 Å². The van der Waals surface area contributed by atoms with Gasteiger partial charge in [-0.25, -0.2) is 0 Å². The van der Waals surface area contributed by atoms with Crippen molar-refractivity contribution >= 4 is 28.7 Å². The second kappa shape index (κ2) is 4.70. The zero-order chi connectivity index (χ0) is 12.4. The van der Waals surface area contributed by atoms with E-state index in [-0.39, 0.29) is 5.78 Å². The Bertz CT molecular complexity index is 625. The summed E-state index contributed by atoms with van der Waals surface area (Å²) in [4.78, 5) is 12.7. The molecule has 2 nitrogen and oxygen atoms in total. The molecule has 0 aliphatic heterocycles. The second-order valence-electron chi connectivity index (χ2n) is 3.50. The summed E-state index contributed by atoms with van der Waals surface area (Å²) in [6.07, 6.45) is 0. The van der Waals surface area contributed by atoms with Crippen molar-refractivity contribution in [1.29, 1.82) is 5.26 Å². The van der Waals surface area contributed by atoms with Crippen molar-refractivity contribution in [2.24, 2.45) is 0 Å². The summed E-state index contributed by atoms with van der Waals surface area (Å²) in [6, 6.07) is 11.1. The van der Waals surface area contributed by atoms with Gasteiger partial charge in [0.05, 0.1) is 21.5 Å². The van der Waals surface area contributed by atoms with E-state index >= 15 is 0 Å². The highest BCUT2D eigenvalue weighted by molar-refractivity contribution is 7.18. The van der Waals surface area contributed by atoms with E-state index in [9.17, 15) is 4.79 Å². The van der Waals surface area contributed by atoms with Crippen molar-refractivity contribution in [3.63, 3.8) is 0 Å². The highest BCUT2D eigenvalue weighted by Crippen LogP contribution is 2.36. The first-order chi connectivity index (χ1) is 8.13. The van der Waals surface area contributed by atoms with Crippen molar-refractivity contribution in [3.05, 3.63) is 45.8 Å². The second-order valence-corrected chi connectivity index (χ2v) is 4.96. The number of hydrogen-bond acceptors (Lipinski definition) is 3. The molecule has 0 aliphatic carbocycles. The van der Waals surface area contributed by atoms with Gasteiger partial charge in [-0.15, -0.1) is 11.3 Å². The lowest BCUT2D eigenvalue weighted by molar-refractivity contribution is 0.102. The van der Waals surface area contributed by atoms with E-state index in [1.165, 1.54) is 18.3 Å². The molecule has 0 saturated heterocycles. The van der Waals surface area contributed by atoms with Gasteiger partial charge in [0.15, 0.2) is 5.78 Å². The molecule has 0 saturated carbocycles. The number of ketones is 1. The lowest BCUT2D eigenvalue weighted by Gasteiger charge is -1.98. The maximum absolute atomic E-state index is 11.3. The van der Waals surface area contributed by atoms with Crippen molar-refractivity contribution in [2.45, 2.75) is 6.92 Å². The third-order valence-electron chi connectivity index (χ3n) is 2.32. The summed E-state index contributed by atoms with van der Waals surface area (Å²) < 4.78 is 0. The SMILES string of the molecule is CC(=O)c1sc(-c2ccccc2C#N)cc1Cl. The quantitative estimate of drug-likeness (QED) is 0.762. The number of carbonyl (C=O) groups excluding carboxylic acids is 1. The van der Waals surface area contributed by atoms with Crippen LogP contribution in [0.25, 0.3) is 10.4 Å². The average molecular weight is 262 g/mol. The number of Topliss-reactive ketones (excluding diaryl/α,β-unsaturated/α-hetero) is 1. The van der Waals surface area contributed by atoms with Crippen molar-refractivity contribution in [1.82, 2.24) is 0 Å². The first-order valence-electron chi connectivity index (χ1n) is 4.93. The summed E-state index contributed by atoms with van der Waals surface area (Å²) in [7, 11) is 0. The van der Waals surface area contributed by atoms with Crippen LogP contribution in [0.2, 0.25) is 5.02 Å². The minimum Gasteiger partial charge on any atom is -0.294 e. The van der Waals surface area contributed by atoms with Crippen LogP contribution in [-0.4, -0.2) is 5.78 Å². The zero-order valence-corrected chi connectivity index (χ0v) is 10.6. The molecule has 0 N–H and O–H groups in total.